The van der Waals surface area contributed by atoms with E-state index in [4.69, 9.17) is 0 Å². The normalized spacial score (nSPS) is 13.3. The molecule has 3 amide bonds. The summed E-state index contributed by atoms with van der Waals surface area (Å²) in [4.78, 5) is 48.1. The van der Waals surface area contributed by atoms with E-state index in [1.54, 1.807) is 31.1 Å². The highest BCUT2D eigenvalue weighted by molar-refractivity contribution is 7.13. The first-order valence-corrected chi connectivity index (χ1v) is 12.8. The Kier molecular flexibility index (Phi) is 7.25. The Bertz CT molecular complexity index is 1630. The molecule has 0 aliphatic carbocycles. The van der Waals surface area contributed by atoms with Crippen LogP contribution in [-0.2, 0) is 37.1 Å². The number of aromatic nitrogens is 4. The summed E-state index contributed by atoms with van der Waals surface area (Å²) in [5.74, 6) is -1.57. The number of imidazole rings is 1. The van der Waals surface area contributed by atoms with Gasteiger partial charge in [-0.2, -0.15) is 17.5 Å². The minimum atomic E-state index is -4.61. The number of carbonyl (C=O) groups excluding carboxylic acids is 3. The minimum Gasteiger partial charge on any atom is -0.349 e. The number of fused-ring (bicyclic) bond motifs is 2. The van der Waals surface area contributed by atoms with Gasteiger partial charge in [-0.3, -0.25) is 14.4 Å². The SMILES string of the molecule is CN(C)Cc1nc(C(F)(F)F)ccc1CNC(=O)c1nc(NC(=O)c2nsc3ccccc23)c2n1CC(=O)NC2. The third-order valence-electron chi connectivity index (χ3n) is 6.12. The van der Waals surface area contributed by atoms with E-state index in [2.05, 4.69) is 30.3 Å². The van der Waals surface area contributed by atoms with E-state index >= 15 is 0 Å². The van der Waals surface area contributed by atoms with Crippen molar-refractivity contribution in [2.45, 2.75) is 32.4 Å². The van der Waals surface area contributed by atoms with Gasteiger partial charge in [0.15, 0.2) is 5.82 Å². The fraction of sp³-hybridized carbons (Fsp3) is 0.280. The van der Waals surface area contributed by atoms with E-state index in [1.807, 2.05) is 12.1 Å². The first kappa shape index (κ1) is 27.2. The van der Waals surface area contributed by atoms with Crippen LogP contribution in [0.3, 0.4) is 0 Å². The largest absolute Gasteiger partial charge is 0.433 e. The quantitative estimate of drug-likeness (QED) is 0.310. The Morgan fingerprint density at radius 3 is 2.65 bits per heavy atom. The molecule has 3 aromatic heterocycles. The molecule has 0 radical (unpaired) electrons. The molecular formula is C25H23F3N8O3S. The van der Waals surface area contributed by atoms with Crippen LogP contribution in [0.4, 0.5) is 19.0 Å². The van der Waals surface area contributed by atoms with Crippen LogP contribution in [0.2, 0.25) is 0 Å². The molecular weight excluding hydrogens is 549 g/mol. The van der Waals surface area contributed by atoms with Crippen molar-refractivity contribution in [1.29, 1.82) is 0 Å². The molecule has 1 aromatic carbocycles. The Morgan fingerprint density at radius 1 is 1.12 bits per heavy atom. The summed E-state index contributed by atoms with van der Waals surface area (Å²) in [7, 11) is 3.38. The number of benzene rings is 1. The summed E-state index contributed by atoms with van der Waals surface area (Å²) in [5, 5.41) is 8.69. The van der Waals surface area contributed by atoms with Gasteiger partial charge in [0, 0.05) is 18.5 Å². The Balaban J connectivity index is 1.39. The van der Waals surface area contributed by atoms with Gasteiger partial charge >= 0.3 is 6.18 Å². The molecule has 5 rings (SSSR count). The number of pyridine rings is 1. The van der Waals surface area contributed by atoms with Gasteiger partial charge in [0.05, 0.1) is 22.6 Å². The van der Waals surface area contributed by atoms with Crippen LogP contribution in [0.25, 0.3) is 10.1 Å². The molecule has 4 aromatic rings. The fourth-order valence-electron chi connectivity index (χ4n) is 4.25. The number of anilines is 1. The highest BCUT2D eigenvalue weighted by Gasteiger charge is 2.33. The van der Waals surface area contributed by atoms with Gasteiger partial charge in [0.25, 0.3) is 11.8 Å². The topological polar surface area (TPSA) is 134 Å². The van der Waals surface area contributed by atoms with Gasteiger partial charge in [0.1, 0.15) is 17.9 Å². The van der Waals surface area contributed by atoms with Gasteiger partial charge in [-0.15, -0.1) is 0 Å². The number of hydrogen-bond donors (Lipinski definition) is 3. The van der Waals surface area contributed by atoms with E-state index in [1.165, 1.54) is 22.2 Å². The number of alkyl halides is 3. The molecule has 40 heavy (non-hydrogen) atoms. The minimum absolute atomic E-state index is 0.0301. The van der Waals surface area contributed by atoms with E-state index < -0.39 is 23.7 Å². The van der Waals surface area contributed by atoms with Crippen molar-refractivity contribution in [3.63, 3.8) is 0 Å². The second-order valence-corrected chi connectivity index (χ2v) is 10.1. The Hall–Kier alpha value is -4.37. The average molecular weight is 573 g/mol. The highest BCUT2D eigenvalue weighted by Crippen LogP contribution is 2.29. The fourth-order valence-corrected chi connectivity index (χ4v) is 5.02. The molecule has 15 heteroatoms. The van der Waals surface area contributed by atoms with Crippen molar-refractivity contribution in [3.8, 4) is 0 Å². The number of carbonyl (C=O) groups is 3. The molecule has 3 N–H and O–H groups in total. The van der Waals surface area contributed by atoms with Crippen molar-refractivity contribution in [1.82, 2.24) is 34.4 Å². The summed E-state index contributed by atoms with van der Waals surface area (Å²) in [6.07, 6.45) is -4.61. The van der Waals surface area contributed by atoms with Crippen molar-refractivity contribution in [2.24, 2.45) is 0 Å². The second kappa shape index (κ2) is 10.7. The zero-order chi connectivity index (χ0) is 28.6. The number of halogens is 3. The maximum absolute atomic E-state index is 13.2. The van der Waals surface area contributed by atoms with Gasteiger partial charge < -0.3 is 25.4 Å². The first-order chi connectivity index (χ1) is 19.0. The molecule has 0 spiro atoms. The Labute approximate surface area is 229 Å². The number of amides is 3. The van der Waals surface area contributed by atoms with E-state index in [-0.39, 0.29) is 55.1 Å². The molecule has 0 fully saturated rings. The van der Waals surface area contributed by atoms with Gasteiger partial charge in [-0.05, 0) is 43.3 Å². The van der Waals surface area contributed by atoms with Crippen molar-refractivity contribution in [3.05, 3.63) is 70.6 Å². The molecule has 11 nitrogen and oxygen atoms in total. The van der Waals surface area contributed by atoms with Crippen molar-refractivity contribution >= 4 is 45.2 Å². The zero-order valence-electron chi connectivity index (χ0n) is 21.3. The van der Waals surface area contributed by atoms with Gasteiger partial charge in [-0.1, -0.05) is 24.3 Å². The molecule has 0 bridgehead atoms. The van der Waals surface area contributed by atoms with E-state index in [0.717, 1.165) is 10.8 Å². The van der Waals surface area contributed by atoms with E-state index in [9.17, 15) is 27.6 Å². The Morgan fingerprint density at radius 2 is 1.90 bits per heavy atom. The lowest BCUT2D eigenvalue weighted by Gasteiger charge is -2.18. The lowest BCUT2D eigenvalue weighted by Crippen LogP contribution is -2.37. The average Bonchev–Trinajstić information content (AvgIpc) is 3.48. The summed E-state index contributed by atoms with van der Waals surface area (Å²) in [6, 6.07) is 9.38. The predicted molar refractivity (Wildman–Crippen MR) is 139 cm³/mol. The number of rotatable bonds is 7. The second-order valence-electron chi connectivity index (χ2n) is 9.30. The highest BCUT2D eigenvalue weighted by atomic mass is 32.1. The molecule has 0 saturated heterocycles. The standard InChI is InChI=1S/C25H23F3N8O3S/c1-35(2)11-15-13(7-8-18(31-15)25(26,27)28)9-30-24(39)22-32-21(16-10-29-19(37)12-36(16)22)33-23(38)20-14-5-3-4-6-17(14)40-34-20/h3-8H,9-12H2,1-2H3,(H,29,37)(H,30,39)(H,33,38). The number of nitrogens with one attached hydrogen (secondary N) is 3. The molecule has 208 valence electrons. The van der Waals surface area contributed by atoms with E-state index in [0.29, 0.717) is 16.6 Å². The zero-order valence-corrected chi connectivity index (χ0v) is 22.1. The van der Waals surface area contributed by atoms with Crippen LogP contribution in [0, 0.1) is 0 Å². The van der Waals surface area contributed by atoms with Crippen LogP contribution in [-0.4, -0.2) is 55.6 Å². The molecule has 4 heterocycles. The predicted octanol–water partition coefficient (Wildman–Crippen LogP) is 2.78. The number of nitrogens with zero attached hydrogens (tertiary/aromatic N) is 5. The molecule has 1 aliphatic rings. The van der Waals surface area contributed by atoms with Crippen LogP contribution in [0.1, 0.15) is 43.8 Å². The van der Waals surface area contributed by atoms with Crippen molar-refractivity contribution < 1.29 is 27.6 Å². The maximum Gasteiger partial charge on any atom is 0.433 e. The lowest BCUT2D eigenvalue weighted by atomic mass is 10.1. The molecule has 0 unspecified atom stereocenters. The smallest absolute Gasteiger partial charge is 0.349 e. The molecule has 0 atom stereocenters. The third kappa shape index (κ3) is 5.51. The van der Waals surface area contributed by atoms with Gasteiger partial charge in [-0.25, -0.2) is 9.97 Å². The first-order valence-electron chi connectivity index (χ1n) is 12.0. The molecule has 0 saturated carbocycles. The summed E-state index contributed by atoms with van der Waals surface area (Å²) < 4.78 is 46.1. The van der Waals surface area contributed by atoms with Crippen LogP contribution in [0.15, 0.2) is 36.4 Å². The number of hydrogen-bond acceptors (Lipinski definition) is 8. The third-order valence-corrected chi connectivity index (χ3v) is 6.95. The van der Waals surface area contributed by atoms with Crippen LogP contribution < -0.4 is 16.0 Å². The van der Waals surface area contributed by atoms with Crippen LogP contribution in [0.5, 0.6) is 0 Å². The molecule has 1 aliphatic heterocycles. The van der Waals surface area contributed by atoms with Gasteiger partial charge in [0.2, 0.25) is 11.7 Å². The van der Waals surface area contributed by atoms with Crippen LogP contribution >= 0.6 is 11.5 Å². The maximum atomic E-state index is 13.2. The summed E-state index contributed by atoms with van der Waals surface area (Å²) in [5.41, 5.74) is 0.148. The van der Waals surface area contributed by atoms with Crippen molar-refractivity contribution in [2.75, 3.05) is 19.4 Å². The monoisotopic (exact) mass is 572 g/mol. The summed E-state index contributed by atoms with van der Waals surface area (Å²) >= 11 is 1.18. The summed E-state index contributed by atoms with van der Waals surface area (Å²) in [6.45, 7) is -0.180. The lowest BCUT2D eigenvalue weighted by molar-refractivity contribution is -0.141.